The molecule has 0 N–H and O–H groups in total. The normalized spacial score (nSPS) is 29.1. The molecule has 136 valence electrons. The number of benzene rings is 2. The lowest BCUT2D eigenvalue weighted by atomic mass is 9.81. The molecule has 0 saturated carbocycles. The van der Waals surface area contributed by atoms with Crippen molar-refractivity contribution in [1.82, 2.24) is 4.90 Å². The first kappa shape index (κ1) is 17.7. The second-order valence-electron chi connectivity index (χ2n) is 7.51. The maximum atomic E-state index is 12.7. The van der Waals surface area contributed by atoms with Crippen molar-refractivity contribution in [3.05, 3.63) is 70.2 Å². The minimum Gasteiger partial charge on any atom is -0.459 e. The molecule has 2 saturated heterocycles. The van der Waals surface area contributed by atoms with Gasteiger partial charge in [0.25, 0.3) is 0 Å². The number of carbonyl (C=O) groups is 1. The molecule has 2 heterocycles. The Bertz CT molecular complexity index is 761. The van der Waals surface area contributed by atoms with Crippen molar-refractivity contribution in [3.8, 4) is 0 Å². The zero-order chi connectivity index (χ0) is 18.1. The van der Waals surface area contributed by atoms with Crippen molar-refractivity contribution < 1.29 is 9.53 Å². The molecule has 0 spiro atoms. The van der Waals surface area contributed by atoms with E-state index in [1.807, 2.05) is 18.2 Å². The summed E-state index contributed by atoms with van der Waals surface area (Å²) in [5, 5.41) is 0. The largest absolute Gasteiger partial charge is 0.459 e. The Kier molecular flexibility index (Phi) is 5.14. The van der Waals surface area contributed by atoms with Gasteiger partial charge in [0, 0.05) is 23.5 Å². The highest BCUT2D eigenvalue weighted by molar-refractivity contribution is 9.10. The first-order valence-corrected chi connectivity index (χ1v) is 10.2. The van der Waals surface area contributed by atoms with Gasteiger partial charge in [0.2, 0.25) is 0 Å². The van der Waals surface area contributed by atoms with Crippen molar-refractivity contribution in [3.63, 3.8) is 0 Å². The minimum atomic E-state index is -0.105. The van der Waals surface area contributed by atoms with Crippen LogP contribution in [-0.4, -0.2) is 29.6 Å². The monoisotopic (exact) mass is 413 g/mol. The highest BCUT2D eigenvalue weighted by Gasteiger charge is 2.45. The number of cyclic esters (lactones) is 1. The summed E-state index contributed by atoms with van der Waals surface area (Å²) >= 11 is 3.52. The molecule has 0 radical (unpaired) electrons. The Morgan fingerprint density at radius 3 is 2.54 bits per heavy atom. The number of carbonyl (C=O) groups excluding carboxylic acids is 1. The Morgan fingerprint density at radius 1 is 1.08 bits per heavy atom. The summed E-state index contributed by atoms with van der Waals surface area (Å²) in [7, 11) is 0. The Labute approximate surface area is 163 Å². The van der Waals surface area contributed by atoms with E-state index in [-0.39, 0.29) is 24.2 Å². The number of halogens is 1. The molecule has 4 rings (SSSR count). The first-order chi connectivity index (χ1) is 12.6. The van der Waals surface area contributed by atoms with Gasteiger partial charge >= 0.3 is 5.97 Å². The topological polar surface area (TPSA) is 29.5 Å². The number of nitrogens with zero attached hydrogens (tertiary/aromatic N) is 1. The lowest BCUT2D eigenvalue weighted by Crippen LogP contribution is -2.57. The van der Waals surface area contributed by atoms with Crippen LogP contribution in [0.4, 0.5) is 0 Å². The van der Waals surface area contributed by atoms with E-state index >= 15 is 0 Å². The molecule has 2 aromatic rings. The third kappa shape index (κ3) is 3.58. The summed E-state index contributed by atoms with van der Waals surface area (Å²) in [5.41, 5.74) is 2.51. The molecule has 0 aliphatic carbocycles. The smallest absolute Gasteiger partial charge is 0.323 e. The molecule has 2 aliphatic heterocycles. The van der Waals surface area contributed by atoms with Crippen LogP contribution in [0.1, 0.15) is 36.9 Å². The highest BCUT2D eigenvalue weighted by atomic mass is 79.9. The summed E-state index contributed by atoms with van der Waals surface area (Å²) in [6.45, 7) is 3.10. The quantitative estimate of drug-likeness (QED) is 0.679. The van der Waals surface area contributed by atoms with Gasteiger partial charge in [-0.1, -0.05) is 65.3 Å². The van der Waals surface area contributed by atoms with E-state index in [0.717, 1.165) is 30.3 Å². The maximum Gasteiger partial charge on any atom is 0.323 e. The van der Waals surface area contributed by atoms with Crippen LogP contribution in [0.25, 0.3) is 0 Å². The lowest BCUT2D eigenvalue weighted by Gasteiger charge is -2.48. The van der Waals surface area contributed by atoms with E-state index < -0.39 is 0 Å². The Balaban J connectivity index is 1.59. The molecule has 2 aliphatic rings. The number of piperidine rings is 1. The molecule has 2 aromatic carbocycles. The predicted molar refractivity (Wildman–Crippen MR) is 106 cm³/mol. The second-order valence-corrected chi connectivity index (χ2v) is 8.43. The number of hydrogen-bond donors (Lipinski definition) is 0. The van der Waals surface area contributed by atoms with Crippen LogP contribution >= 0.6 is 15.9 Å². The minimum absolute atomic E-state index is 0.0498. The molecular formula is C22H24BrNO2. The lowest BCUT2D eigenvalue weighted by molar-refractivity contribution is -0.174. The fraction of sp³-hybridized carbons (Fsp3) is 0.409. The van der Waals surface area contributed by atoms with Gasteiger partial charge in [-0.2, -0.15) is 0 Å². The molecule has 4 atom stereocenters. The number of morpholine rings is 1. The number of fused-ring (bicyclic) bond motifs is 1. The van der Waals surface area contributed by atoms with Gasteiger partial charge in [-0.15, -0.1) is 0 Å². The molecule has 0 amide bonds. The summed E-state index contributed by atoms with van der Waals surface area (Å²) in [4.78, 5) is 15.1. The first-order valence-electron chi connectivity index (χ1n) is 9.37. The Hall–Kier alpha value is -1.65. The highest BCUT2D eigenvalue weighted by Crippen LogP contribution is 2.41. The van der Waals surface area contributed by atoms with Gasteiger partial charge in [0.15, 0.2) is 0 Å². The molecule has 4 heteroatoms. The SMILES string of the molecule is C[C@@H]1CC[C@H]2C(=O)OC(Cc3ccccc3)CN2[C@H]1c1ccc(Br)cc1. The average Bonchev–Trinajstić information content (AvgIpc) is 2.63. The molecular weight excluding hydrogens is 390 g/mol. The van der Waals surface area contributed by atoms with Gasteiger partial charge < -0.3 is 4.74 Å². The van der Waals surface area contributed by atoms with Crippen molar-refractivity contribution in [2.24, 2.45) is 5.92 Å². The van der Waals surface area contributed by atoms with E-state index in [1.54, 1.807) is 0 Å². The Morgan fingerprint density at radius 2 is 1.81 bits per heavy atom. The van der Waals surface area contributed by atoms with Gasteiger partial charge in [0.1, 0.15) is 12.1 Å². The summed E-state index contributed by atoms with van der Waals surface area (Å²) in [6.07, 6.45) is 2.65. The van der Waals surface area contributed by atoms with Crippen LogP contribution in [0, 0.1) is 5.92 Å². The van der Waals surface area contributed by atoms with Gasteiger partial charge in [-0.3, -0.25) is 9.69 Å². The standard InChI is InChI=1S/C22H24BrNO2/c1-15-7-12-20-22(25)26-19(13-16-5-3-2-4-6-16)14-24(20)21(15)17-8-10-18(23)11-9-17/h2-6,8-11,15,19-21H,7,12-14H2,1H3/t15-,19?,20+,21-/m1/s1. The van der Waals surface area contributed by atoms with Crippen LogP contribution in [0.2, 0.25) is 0 Å². The number of rotatable bonds is 3. The van der Waals surface area contributed by atoms with Crippen LogP contribution in [0.15, 0.2) is 59.1 Å². The van der Waals surface area contributed by atoms with E-state index in [2.05, 4.69) is 64.2 Å². The van der Waals surface area contributed by atoms with Crippen molar-refractivity contribution in [1.29, 1.82) is 0 Å². The van der Waals surface area contributed by atoms with Gasteiger partial charge in [-0.05, 0) is 42.0 Å². The predicted octanol–water partition coefficient (Wildman–Crippen LogP) is 4.76. The second kappa shape index (κ2) is 7.53. The summed E-state index contributed by atoms with van der Waals surface area (Å²) in [6, 6.07) is 19.0. The number of esters is 1. The van der Waals surface area contributed by atoms with E-state index in [0.29, 0.717) is 5.92 Å². The third-order valence-electron chi connectivity index (χ3n) is 5.68. The zero-order valence-electron chi connectivity index (χ0n) is 15.0. The number of hydrogen-bond acceptors (Lipinski definition) is 3. The average molecular weight is 414 g/mol. The van der Waals surface area contributed by atoms with Crippen molar-refractivity contribution in [2.45, 2.75) is 44.4 Å². The van der Waals surface area contributed by atoms with Crippen molar-refractivity contribution in [2.75, 3.05) is 6.54 Å². The fourth-order valence-electron chi connectivity index (χ4n) is 4.44. The van der Waals surface area contributed by atoms with Crippen LogP contribution < -0.4 is 0 Å². The summed E-state index contributed by atoms with van der Waals surface area (Å²) < 4.78 is 6.89. The number of ether oxygens (including phenoxy) is 1. The van der Waals surface area contributed by atoms with Gasteiger partial charge in [0.05, 0.1) is 0 Å². The van der Waals surface area contributed by atoms with E-state index in [4.69, 9.17) is 4.74 Å². The van der Waals surface area contributed by atoms with E-state index in [1.165, 1.54) is 11.1 Å². The fourth-order valence-corrected chi connectivity index (χ4v) is 4.70. The molecule has 26 heavy (non-hydrogen) atoms. The third-order valence-corrected chi connectivity index (χ3v) is 6.21. The molecule has 0 bridgehead atoms. The van der Waals surface area contributed by atoms with Crippen LogP contribution in [-0.2, 0) is 16.0 Å². The zero-order valence-corrected chi connectivity index (χ0v) is 16.6. The molecule has 1 unspecified atom stereocenters. The van der Waals surface area contributed by atoms with E-state index in [9.17, 15) is 4.79 Å². The van der Waals surface area contributed by atoms with Crippen molar-refractivity contribution >= 4 is 21.9 Å². The summed E-state index contributed by atoms with van der Waals surface area (Å²) in [5.74, 6) is 0.474. The molecule has 2 fully saturated rings. The van der Waals surface area contributed by atoms with Gasteiger partial charge in [-0.25, -0.2) is 0 Å². The molecule has 0 aromatic heterocycles. The van der Waals surface area contributed by atoms with Crippen LogP contribution in [0.5, 0.6) is 0 Å². The van der Waals surface area contributed by atoms with Crippen LogP contribution in [0.3, 0.4) is 0 Å². The maximum absolute atomic E-state index is 12.7. The molecule has 3 nitrogen and oxygen atoms in total.